The van der Waals surface area contributed by atoms with Crippen LogP contribution in [-0.2, 0) is 9.31 Å². The second kappa shape index (κ2) is 4.33. The Kier molecular flexibility index (Phi) is 4.35. The molecule has 0 fully saturated rings. The lowest BCUT2D eigenvalue weighted by Crippen LogP contribution is -2.30. The minimum atomic E-state index is -0.141. The van der Waals surface area contributed by atoms with E-state index in [0.717, 1.165) is 0 Å². The zero-order valence-corrected chi connectivity index (χ0v) is 8.97. The summed E-state index contributed by atoms with van der Waals surface area (Å²) in [6, 6.07) is 0. The Morgan fingerprint density at radius 3 is 1.08 bits per heavy atom. The van der Waals surface area contributed by atoms with E-state index >= 15 is 0 Å². The van der Waals surface area contributed by atoms with E-state index in [0.29, 0.717) is 0 Å². The Morgan fingerprint density at radius 2 is 0.917 bits per heavy atom. The van der Waals surface area contributed by atoms with Gasteiger partial charge in [0, 0.05) is 11.2 Å². The van der Waals surface area contributed by atoms with Gasteiger partial charge >= 0.3 is 0 Å². The second-order valence-electron chi connectivity index (χ2n) is 4.73. The maximum Gasteiger partial charge on any atom is 0.283 e. The van der Waals surface area contributed by atoms with Gasteiger partial charge < -0.3 is 9.31 Å². The third-order valence-electron chi connectivity index (χ3n) is 0.899. The molecular formula is C8H18B2O2. The fourth-order valence-electron chi connectivity index (χ4n) is 0.464. The van der Waals surface area contributed by atoms with Crippen LogP contribution in [0.5, 0.6) is 0 Å². The van der Waals surface area contributed by atoms with Crippen LogP contribution in [0.25, 0.3) is 0 Å². The second-order valence-corrected chi connectivity index (χ2v) is 4.73. The molecule has 12 heavy (non-hydrogen) atoms. The van der Waals surface area contributed by atoms with Crippen LogP contribution in [0.1, 0.15) is 41.5 Å². The van der Waals surface area contributed by atoms with Crippen LogP contribution < -0.4 is 0 Å². The maximum absolute atomic E-state index is 5.32. The van der Waals surface area contributed by atoms with E-state index in [1.54, 1.807) is 14.7 Å². The summed E-state index contributed by atoms with van der Waals surface area (Å²) in [4.78, 5) is 0. The molecule has 0 bridgehead atoms. The summed E-state index contributed by atoms with van der Waals surface area (Å²) in [5.41, 5.74) is -0.282. The van der Waals surface area contributed by atoms with Crippen molar-refractivity contribution in [2.24, 2.45) is 0 Å². The van der Waals surface area contributed by atoms with Gasteiger partial charge in [0.2, 0.25) is 0 Å². The Hall–Kier alpha value is 0.0499. The van der Waals surface area contributed by atoms with Crippen molar-refractivity contribution in [1.29, 1.82) is 0 Å². The molecule has 0 N–H and O–H groups in total. The van der Waals surface area contributed by atoms with E-state index in [1.165, 1.54) is 0 Å². The van der Waals surface area contributed by atoms with Crippen molar-refractivity contribution in [2.75, 3.05) is 0 Å². The summed E-state index contributed by atoms with van der Waals surface area (Å²) in [6.07, 6.45) is 0. The smallest absolute Gasteiger partial charge is 0.283 e. The fourth-order valence-corrected chi connectivity index (χ4v) is 0.464. The predicted octanol–water partition coefficient (Wildman–Crippen LogP) is 1.77. The lowest BCUT2D eigenvalue weighted by molar-refractivity contribution is 0.126. The fraction of sp³-hybridized carbons (Fsp3) is 1.00. The Morgan fingerprint density at radius 1 is 0.667 bits per heavy atom. The third-order valence-corrected chi connectivity index (χ3v) is 0.899. The zero-order chi connectivity index (χ0) is 9.83. The van der Waals surface area contributed by atoms with Gasteiger partial charge in [-0.3, -0.25) is 0 Å². The third kappa shape index (κ3) is 10.0. The van der Waals surface area contributed by atoms with E-state index in [-0.39, 0.29) is 11.2 Å². The summed E-state index contributed by atoms with van der Waals surface area (Å²) in [7, 11) is 3.18. The van der Waals surface area contributed by atoms with Crippen molar-refractivity contribution in [1.82, 2.24) is 0 Å². The number of hydrogen-bond donors (Lipinski definition) is 0. The molecule has 0 saturated heterocycles. The highest BCUT2D eigenvalue weighted by Gasteiger charge is 2.14. The Labute approximate surface area is 77.5 Å². The molecule has 68 valence electrons. The number of hydrogen-bond acceptors (Lipinski definition) is 2. The van der Waals surface area contributed by atoms with Gasteiger partial charge in [0.1, 0.15) is 0 Å². The first-order valence-corrected chi connectivity index (χ1v) is 4.21. The normalized spacial score (nSPS) is 12.8. The van der Waals surface area contributed by atoms with Crippen molar-refractivity contribution in [3.05, 3.63) is 0 Å². The SMILES string of the molecule is CC(C)(C)O[B][B]OC(C)(C)C. The minimum Gasteiger partial charge on any atom is -0.443 e. The molecule has 0 heterocycles. The van der Waals surface area contributed by atoms with Crippen molar-refractivity contribution >= 4 is 14.7 Å². The molecule has 0 aromatic heterocycles. The van der Waals surface area contributed by atoms with Crippen LogP contribution in [0.3, 0.4) is 0 Å². The van der Waals surface area contributed by atoms with Gasteiger partial charge in [-0.25, -0.2) is 0 Å². The quantitative estimate of drug-likeness (QED) is 0.472. The van der Waals surface area contributed by atoms with E-state index in [2.05, 4.69) is 0 Å². The Bertz CT molecular complexity index is 108. The molecule has 0 saturated carbocycles. The largest absolute Gasteiger partial charge is 0.443 e. The lowest BCUT2D eigenvalue weighted by atomic mass is 9.63. The van der Waals surface area contributed by atoms with Crippen LogP contribution in [0.4, 0.5) is 0 Å². The van der Waals surface area contributed by atoms with E-state index in [1.807, 2.05) is 41.5 Å². The molecule has 2 radical (unpaired) electrons. The molecule has 4 heteroatoms. The van der Waals surface area contributed by atoms with E-state index in [9.17, 15) is 0 Å². The monoisotopic (exact) mass is 168 g/mol. The van der Waals surface area contributed by atoms with Gasteiger partial charge in [-0.05, 0) is 41.5 Å². The molecule has 0 amide bonds. The molecule has 0 aromatic rings. The number of rotatable bonds is 3. The van der Waals surface area contributed by atoms with Crippen LogP contribution in [0.15, 0.2) is 0 Å². The molecule has 0 rings (SSSR count). The zero-order valence-electron chi connectivity index (χ0n) is 8.97. The van der Waals surface area contributed by atoms with Gasteiger partial charge in [0.05, 0.1) is 0 Å². The summed E-state index contributed by atoms with van der Waals surface area (Å²) in [6.45, 7) is 12.0. The molecule has 0 aromatic carbocycles. The van der Waals surface area contributed by atoms with Crippen molar-refractivity contribution in [3.8, 4) is 0 Å². The molecule has 2 nitrogen and oxygen atoms in total. The van der Waals surface area contributed by atoms with Gasteiger partial charge in [-0.1, -0.05) is 0 Å². The molecular weight excluding hydrogens is 150 g/mol. The average Bonchev–Trinajstić information content (AvgIpc) is 1.76. The molecule has 0 unspecified atom stereocenters. The maximum atomic E-state index is 5.32. The van der Waals surface area contributed by atoms with Gasteiger partial charge in [0.25, 0.3) is 14.7 Å². The van der Waals surface area contributed by atoms with Gasteiger partial charge in [0.15, 0.2) is 0 Å². The Balaban J connectivity index is 3.35. The topological polar surface area (TPSA) is 18.5 Å². The predicted molar refractivity (Wildman–Crippen MR) is 53.2 cm³/mol. The molecule has 0 spiro atoms. The molecule has 0 atom stereocenters. The van der Waals surface area contributed by atoms with Crippen molar-refractivity contribution in [3.63, 3.8) is 0 Å². The first kappa shape index (κ1) is 12.0. The van der Waals surface area contributed by atoms with Crippen LogP contribution in [0.2, 0.25) is 0 Å². The van der Waals surface area contributed by atoms with Crippen molar-refractivity contribution < 1.29 is 9.31 Å². The summed E-state index contributed by atoms with van der Waals surface area (Å²) < 4.78 is 10.6. The van der Waals surface area contributed by atoms with Gasteiger partial charge in [-0.2, -0.15) is 0 Å². The highest BCUT2D eigenvalue weighted by atomic mass is 16.5. The van der Waals surface area contributed by atoms with Crippen LogP contribution >= 0.6 is 0 Å². The summed E-state index contributed by atoms with van der Waals surface area (Å²) >= 11 is 0. The average molecular weight is 168 g/mol. The highest BCUT2D eigenvalue weighted by molar-refractivity contribution is 6.93. The van der Waals surface area contributed by atoms with Crippen molar-refractivity contribution in [2.45, 2.75) is 52.7 Å². The van der Waals surface area contributed by atoms with Crippen LogP contribution in [-0.4, -0.2) is 25.9 Å². The molecule has 0 aliphatic carbocycles. The summed E-state index contributed by atoms with van der Waals surface area (Å²) in [5, 5.41) is 0. The van der Waals surface area contributed by atoms with E-state index in [4.69, 9.17) is 9.31 Å². The van der Waals surface area contributed by atoms with E-state index < -0.39 is 0 Å². The van der Waals surface area contributed by atoms with Gasteiger partial charge in [-0.15, -0.1) is 0 Å². The highest BCUT2D eigenvalue weighted by Crippen LogP contribution is 2.07. The minimum absolute atomic E-state index is 0.141. The molecule has 0 aliphatic heterocycles. The standard InChI is InChI=1S/C8H18B2O2/c1-7(2,3)11-9-10-12-8(4,5)6/h1-6H3. The first-order chi connectivity index (χ1) is 5.21. The summed E-state index contributed by atoms with van der Waals surface area (Å²) in [5.74, 6) is 0. The van der Waals surface area contributed by atoms with Crippen LogP contribution in [0, 0.1) is 0 Å². The molecule has 0 aliphatic rings. The first-order valence-electron chi connectivity index (χ1n) is 4.21. The lowest BCUT2D eigenvalue weighted by Gasteiger charge is -2.22.